The lowest BCUT2D eigenvalue weighted by Crippen LogP contribution is -2.14. The number of carbonyl (C=O) groups is 2. The zero-order valence-electron chi connectivity index (χ0n) is 22.4. The first-order valence-corrected chi connectivity index (χ1v) is 13.7. The second kappa shape index (κ2) is 11.6. The molecule has 0 saturated heterocycles. The summed E-state index contributed by atoms with van der Waals surface area (Å²) in [6.07, 6.45) is 0. The van der Waals surface area contributed by atoms with Gasteiger partial charge in [-0.15, -0.1) is 0 Å². The molecule has 0 saturated carbocycles. The molecule has 0 radical (unpaired) electrons. The molecule has 0 aromatic heterocycles. The number of rotatable bonds is 8. The van der Waals surface area contributed by atoms with Crippen LogP contribution in [0.25, 0.3) is 0 Å². The Morgan fingerprint density at radius 1 is 0.667 bits per heavy atom. The summed E-state index contributed by atoms with van der Waals surface area (Å²) in [7, 11) is -4.36. The highest BCUT2D eigenvalue weighted by Gasteiger charge is 2.27. The summed E-state index contributed by atoms with van der Waals surface area (Å²) >= 11 is 0. The first-order chi connectivity index (χ1) is 19.8. The van der Waals surface area contributed by atoms with Crippen molar-refractivity contribution in [1.29, 1.82) is 0 Å². The quantitative estimate of drug-likeness (QED) is 0.107. The molecule has 4 rings (SSSR count). The van der Waals surface area contributed by atoms with E-state index in [0.717, 1.165) is 29.8 Å². The Morgan fingerprint density at radius 2 is 1.17 bits per heavy atom. The molecule has 0 N–H and O–H groups in total. The van der Waals surface area contributed by atoms with Crippen LogP contribution in [0.5, 0.6) is 11.5 Å². The maximum atomic E-state index is 13.6. The largest absolute Gasteiger partial charge is 0.423 e. The van der Waals surface area contributed by atoms with Gasteiger partial charge in [0, 0.05) is 29.3 Å². The van der Waals surface area contributed by atoms with E-state index in [4.69, 9.17) is 9.47 Å². The highest BCUT2D eigenvalue weighted by atomic mass is 32.2. The third-order valence-corrected chi connectivity index (χ3v) is 8.02. The summed E-state index contributed by atoms with van der Waals surface area (Å²) in [5.41, 5.74) is 0.462. The number of nitrogens with zero attached hydrogens (tertiary/aromatic N) is 2. The first kappa shape index (κ1) is 29.6. The van der Waals surface area contributed by atoms with Gasteiger partial charge < -0.3 is 9.47 Å². The number of ether oxygens (including phenoxy) is 2. The zero-order chi connectivity index (χ0) is 30.8. The van der Waals surface area contributed by atoms with Crippen molar-refractivity contribution in [2.24, 2.45) is 0 Å². The van der Waals surface area contributed by atoms with Gasteiger partial charge in [-0.1, -0.05) is 29.8 Å². The van der Waals surface area contributed by atoms with E-state index < -0.39 is 42.3 Å². The molecular weight excluding hydrogens is 568 g/mol. The minimum absolute atomic E-state index is 0.144. The van der Waals surface area contributed by atoms with Crippen LogP contribution in [0.1, 0.15) is 37.4 Å². The van der Waals surface area contributed by atoms with Gasteiger partial charge in [0.25, 0.3) is 11.4 Å². The minimum atomic E-state index is -4.36. The highest BCUT2D eigenvalue weighted by Crippen LogP contribution is 2.34. The van der Waals surface area contributed by atoms with Gasteiger partial charge in [-0.25, -0.2) is 18.0 Å². The van der Waals surface area contributed by atoms with E-state index in [1.165, 1.54) is 56.3 Å². The van der Waals surface area contributed by atoms with Crippen LogP contribution >= 0.6 is 0 Å². The molecule has 0 fully saturated rings. The van der Waals surface area contributed by atoms with Gasteiger partial charge >= 0.3 is 11.9 Å². The Kier molecular flexibility index (Phi) is 8.15. The second-order valence-corrected chi connectivity index (χ2v) is 11.1. The Balaban J connectivity index is 1.75. The van der Waals surface area contributed by atoms with Crippen molar-refractivity contribution in [1.82, 2.24) is 0 Å². The van der Waals surface area contributed by atoms with Crippen LogP contribution in [0.2, 0.25) is 0 Å². The highest BCUT2D eigenvalue weighted by molar-refractivity contribution is 7.91. The van der Waals surface area contributed by atoms with Crippen LogP contribution in [0.3, 0.4) is 0 Å². The minimum Gasteiger partial charge on any atom is -0.423 e. The maximum Gasteiger partial charge on any atom is 0.343 e. The van der Waals surface area contributed by atoms with Gasteiger partial charge in [0.2, 0.25) is 9.84 Å². The summed E-state index contributed by atoms with van der Waals surface area (Å²) < 4.78 is 38.0. The summed E-state index contributed by atoms with van der Waals surface area (Å²) in [5.74, 6) is -2.72. The predicted octanol–water partition coefficient (Wildman–Crippen LogP) is 5.70. The van der Waals surface area contributed by atoms with E-state index >= 15 is 0 Å². The summed E-state index contributed by atoms with van der Waals surface area (Å²) in [6, 6.07) is 16.5. The molecular formula is C29H22N2O10S. The van der Waals surface area contributed by atoms with Crippen molar-refractivity contribution < 1.29 is 37.3 Å². The number of nitro benzene ring substituents is 2. The van der Waals surface area contributed by atoms with Gasteiger partial charge in [-0.2, -0.15) is 0 Å². The van der Waals surface area contributed by atoms with Gasteiger partial charge in [0.15, 0.2) is 5.75 Å². The summed E-state index contributed by atoms with van der Waals surface area (Å²) in [5, 5.41) is 22.6. The van der Waals surface area contributed by atoms with Crippen LogP contribution in [0.15, 0.2) is 88.7 Å². The molecule has 12 nitrogen and oxygen atoms in total. The third-order valence-electron chi connectivity index (χ3n) is 6.23. The molecule has 0 spiro atoms. The van der Waals surface area contributed by atoms with Gasteiger partial charge in [0.05, 0.1) is 25.9 Å². The monoisotopic (exact) mass is 590 g/mol. The Labute approximate surface area is 239 Å². The lowest BCUT2D eigenvalue weighted by Gasteiger charge is -2.13. The molecule has 42 heavy (non-hydrogen) atoms. The number of hydrogen-bond donors (Lipinski definition) is 0. The number of aryl methyl sites for hydroxylation is 3. The number of benzene rings is 4. The van der Waals surface area contributed by atoms with E-state index in [9.17, 15) is 38.2 Å². The normalized spacial score (nSPS) is 11.0. The van der Waals surface area contributed by atoms with Crippen molar-refractivity contribution >= 4 is 33.2 Å². The average molecular weight is 591 g/mol. The predicted molar refractivity (Wildman–Crippen MR) is 149 cm³/mol. The molecule has 0 amide bonds. The Bertz CT molecular complexity index is 1870. The number of nitro groups is 2. The van der Waals surface area contributed by atoms with Crippen molar-refractivity contribution in [2.45, 2.75) is 30.6 Å². The fourth-order valence-electron chi connectivity index (χ4n) is 3.88. The molecule has 0 bridgehead atoms. The van der Waals surface area contributed by atoms with Crippen molar-refractivity contribution in [3.8, 4) is 11.5 Å². The molecule has 4 aromatic rings. The zero-order valence-corrected chi connectivity index (χ0v) is 23.2. The van der Waals surface area contributed by atoms with Crippen LogP contribution in [-0.4, -0.2) is 30.2 Å². The number of esters is 2. The van der Waals surface area contributed by atoms with E-state index in [2.05, 4.69) is 0 Å². The number of hydrogen-bond acceptors (Lipinski definition) is 10. The molecule has 0 aliphatic carbocycles. The van der Waals surface area contributed by atoms with Gasteiger partial charge in [0.1, 0.15) is 10.6 Å². The molecule has 4 aromatic carbocycles. The molecule has 0 unspecified atom stereocenters. The van der Waals surface area contributed by atoms with Crippen molar-refractivity contribution in [3.05, 3.63) is 127 Å². The SMILES string of the molecule is Cc1ccc(S(=O)(=O)c2cc(OC(=O)c3ccc(C)c([N+](=O)[O-])c3)ccc2OC(=O)c2ccc(C)c([N+](=O)[O-])c2)cc1. The third kappa shape index (κ3) is 6.15. The molecule has 13 heteroatoms. The number of carbonyl (C=O) groups excluding carboxylic acids is 2. The van der Waals surface area contributed by atoms with Gasteiger partial charge in [-0.3, -0.25) is 20.2 Å². The lowest BCUT2D eigenvalue weighted by atomic mass is 10.1. The molecule has 214 valence electrons. The molecule has 0 aliphatic heterocycles. The topological polar surface area (TPSA) is 173 Å². The van der Waals surface area contributed by atoms with E-state index in [-0.39, 0.29) is 33.1 Å². The molecule has 0 atom stereocenters. The van der Waals surface area contributed by atoms with Crippen LogP contribution in [0, 0.1) is 41.0 Å². The maximum absolute atomic E-state index is 13.6. The van der Waals surface area contributed by atoms with E-state index in [0.29, 0.717) is 11.1 Å². The average Bonchev–Trinajstić information content (AvgIpc) is 2.94. The summed E-state index contributed by atoms with van der Waals surface area (Å²) in [4.78, 5) is 46.3. The van der Waals surface area contributed by atoms with Gasteiger partial charge in [-0.05, 0) is 57.2 Å². The second-order valence-electron chi connectivity index (χ2n) is 9.22. The van der Waals surface area contributed by atoms with E-state index in [1.54, 1.807) is 19.1 Å². The smallest absolute Gasteiger partial charge is 0.343 e. The van der Waals surface area contributed by atoms with Crippen molar-refractivity contribution in [3.63, 3.8) is 0 Å². The Morgan fingerprint density at radius 3 is 1.67 bits per heavy atom. The fraction of sp³-hybridized carbons (Fsp3) is 0.103. The van der Waals surface area contributed by atoms with E-state index in [1.807, 2.05) is 0 Å². The van der Waals surface area contributed by atoms with Crippen LogP contribution in [-0.2, 0) is 9.84 Å². The fourth-order valence-corrected chi connectivity index (χ4v) is 5.28. The first-order valence-electron chi connectivity index (χ1n) is 12.2. The standard InChI is InChI=1S/C29H22N2O10S/c1-17-4-11-23(12-5-17)42(38,39)27-16-22(40-28(32)20-8-6-18(2)24(14-20)30(34)35)10-13-26(27)41-29(33)21-9-7-19(3)25(15-21)31(36)37/h4-16H,1-3H3. The lowest BCUT2D eigenvalue weighted by molar-refractivity contribution is -0.385. The number of sulfone groups is 1. The Hall–Kier alpha value is -5.43. The van der Waals surface area contributed by atoms with Crippen LogP contribution in [0.4, 0.5) is 11.4 Å². The molecule has 0 heterocycles. The van der Waals surface area contributed by atoms with Crippen LogP contribution < -0.4 is 9.47 Å². The van der Waals surface area contributed by atoms with Crippen molar-refractivity contribution in [2.75, 3.05) is 0 Å². The molecule has 0 aliphatic rings. The summed E-state index contributed by atoms with van der Waals surface area (Å²) in [6.45, 7) is 4.76.